The minimum Gasteiger partial charge on any atom is -0.482 e. The van der Waals surface area contributed by atoms with E-state index < -0.39 is 11.9 Å². The molecule has 4 rings (SSSR count). The van der Waals surface area contributed by atoms with Crippen LogP contribution in [0.25, 0.3) is 11.0 Å². The van der Waals surface area contributed by atoms with Gasteiger partial charge in [-0.2, -0.15) is 8.75 Å². The van der Waals surface area contributed by atoms with Crippen molar-refractivity contribution in [1.29, 1.82) is 0 Å². The maximum Gasteiger partial charge on any atom is 0.344 e. The molecule has 1 amide bonds. The van der Waals surface area contributed by atoms with Crippen LogP contribution in [0.4, 0.5) is 5.69 Å². The summed E-state index contributed by atoms with van der Waals surface area (Å²) in [6.45, 7) is -0.627. The molecular formula is C19H17N3O4S. The van der Waals surface area contributed by atoms with Crippen molar-refractivity contribution in [2.45, 2.75) is 19.3 Å². The van der Waals surface area contributed by atoms with Crippen molar-refractivity contribution in [2.24, 2.45) is 0 Å². The molecule has 2 aromatic carbocycles. The summed E-state index contributed by atoms with van der Waals surface area (Å²) in [7, 11) is 0. The zero-order valence-corrected chi connectivity index (χ0v) is 15.3. The quantitative estimate of drug-likeness (QED) is 0.658. The first-order chi connectivity index (χ1) is 13.2. The lowest BCUT2D eigenvalue weighted by Gasteiger charge is -2.09. The number of nitrogens with one attached hydrogen (secondary N) is 1. The highest BCUT2D eigenvalue weighted by Gasteiger charge is 2.14. The summed E-state index contributed by atoms with van der Waals surface area (Å²) in [6.07, 6.45) is 3.29. The van der Waals surface area contributed by atoms with Gasteiger partial charge in [-0.25, -0.2) is 4.79 Å². The monoisotopic (exact) mass is 383 g/mol. The number of benzene rings is 2. The first kappa shape index (κ1) is 17.4. The molecule has 7 nitrogen and oxygen atoms in total. The van der Waals surface area contributed by atoms with Crippen molar-refractivity contribution in [1.82, 2.24) is 8.75 Å². The van der Waals surface area contributed by atoms with Crippen LogP contribution < -0.4 is 10.1 Å². The third kappa shape index (κ3) is 4.06. The second kappa shape index (κ2) is 7.71. The Morgan fingerprint density at radius 2 is 1.96 bits per heavy atom. The number of esters is 1. The smallest absolute Gasteiger partial charge is 0.344 e. The van der Waals surface area contributed by atoms with E-state index in [0.717, 1.165) is 31.0 Å². The van der Waals surface area contributed by atoms with E-state index in [2.05, 4.69) is 14.1 Å². The van der Waals surface area contributed by atoms with Gasteiger partial charge < -0.3 is 14.8 Å². The maximum atomic E-state index is 12.0. The molecule has 3 aromatic rings. The van der Waals surface area contributed by atoms with Crippen LogP contribution in [0.2, 0.25) is 0 Å². The van der Waals surface area contributed by atoms with E-state index in [9.17, 15) is 9.59 Å². The fourth-order valence-electron chi connectivity index (χ4n) is 3.06. The normalized spacial score (nSPS) is 12.6. The number of rotatable bonds is 6. The number of ether oxygens (including phenoxy) is 2. The molecule has 1 N–H and O–H groups in total. The number of hydrogen-bond acceptors (Lipinski definition) is 7. The Morgan fingerprint density at radius 1 is 1.07 bits per heavy atom. The second-order valence-electron chi connectivity index (χ2n) is 6.22. The van der Waals surface area contributed by atoms with Gasteiger partial charge in [0.2, 0.25) is 0 Å². The number of hydrogen-bond donors (Lipinski definition) is 1. The minimum absolute atomic E-state index is 0.238. The molecule has 0 fully saturated rings. The summed E-state index contributed by atoms with van der Waals surface area (Å²) in [5.74, 6) is -0.402. The minimum atomic E-state index is -0.598. The highest BCUT2D eigenvalue weighted by Crippen LogP contribution is 2.26. The van der Waals surface area contributed by atoms with Crippen LogP contribution >= 0.6 is 11.7 Å². The topological polar surface area (TPSA) is 90.4 Å². The van der Waals surface area contributed by atoms with E-state index in [4.69, 9.17) is 9.47 Å². The third-order valence-corrected chi connectivity index (χ3v) is 4.89. The molecule has 0 atom stereocenters. The van der Waals surface area contributed by atoms with Crippen molar-refractivity contribution < 1.29 is 19.1 Å². The molecule has 0 saturated heterocycles. The van der Waals surface area contributed by atoms with Gasteiger partial charge in [-0.1, -0.05) is 12.1 Å². The van der Waals surface area contributed by atoms with Crippen molar-refractivity contribution in [3.63, 3.8) is 0 Å². The van der Waals surface area contributed by atoms with E-state index in [-0.39, 0.29) is 13.2 Å². The van der Waals surface area contributed by atoms with Gasteiger partial charge in [-0.05, 0) is 54.7 Å². The van der Waals surface area contributed by atoms with Gasteiger partial charge in [0.25, 0.3) is 5.91 Å². The van der Waals surface area contributed by atoms with Crippen LogP contribution in [0.3, 0.4) is 0 Å². The Labute approximate surface area is 159 Å². The lowest BCUT2D eigenvalue weighted by molar-refractivity contribution is -0.149. The zero-order valence-electron chi connectivity index (χ0n) is 14.4. The second-order valence-corrected chi connectivity index (χ2v) is 6.75. The van der Waals surface area contributed by atoms with Gasteiger partial charge in [-0.15, -0.1) is 0 Å². The molecule has 0 aliphatic heterocycles. The lowest BCUT2D eigenvalue weighted by atomic mass is 10.1. The number of carbonyl (C=O) groups is 2. The van der Waals surface area contributed by atoms with E-state index in [1.54, 1.807) is 12.1 Å². The molecule has 0 bridgehead atoms. The van der Waals surface area contributed by atoms with Crippen LogP contribution in [0.15, 0.2) is 36.4 Å². The molecule has 1 aliphatic carbocycles. The van der Waals surface area contributed by atoms with Crippen LogP contribution in [0, 0.1) is 0 Å². The standard InChI is InChI=1S/C19H17N3O4S/c23-17(20-15-5-2-6-16-19(15)22-27-21-16)10-26-18(24)11-25-14-8-7-12-3-1-4-13(12)9-14/h2,5-9H,1,3-4,10-11H2,(H,20,23). The summed E-state index contributed by atoms with van der Waals surface area (Å²) in [4.78, 5) is 23.8. The summed E-state index contributed by atoms with van der Waals surface area (Å²) < 4.78 is 18.7. The maximum absolute atomic E-state index is 12.0. The molecule has 1 aromatic heterocycles. The molecule has 0 radical (unpaired) electrons. The first-order valence-corrected chi connectivity index (χ1v) is 9.33. The fraction of sp³-hybridized carbons (Fsp3) is 0.263. The van der Waals surface area contributed by atoms with Crippen LogP contribution in [0.5, 0.6) is 5.75 Å². The number of aromatic nitrogens is 2. The Kier molecular flexibility index (Phi) is 4.97. The van der Waals surface area contributed by atoms with Crippen LogP contribution in [-0.2, 0) is 27.2 Å². The van der Waals surface area contributed by atoms with E-state index >= 15 is 0 Å². The number of nitrogens with zero attached hydrogens (tertiary/aromatic N) is 2. The van der Waals surface area contributed by atoms with Gasteiger partial charge >= 0.3 is 5.97 Å². The molecule has 0 unspecified atom stereocenters. The molecule has 0 spiro atoms. The predicted octanol–water partition coefficient (Wildman–Crippen LogP) is 2.74. The number of carbonyl (C=O) groups excluding carboxylic acids is 2. The van der Waals surface area contributed by atoms with Crippen LogP contribution in [-0.4, -0.2) is 33.8 Å². The number of aryl methyl sites for hydroxylation is 2. The SMILES string of the molecule is O=C(COC(=O)COc1ccc2c(c1)CCC2)Nc1cccc2nsnc12. The third-order valence-electron chi connectivity index (χ3n) is 4.35. The number of anilines is 1. The predicted molar refractivity (Wildman–Crippen MR) is 101 cm³/mol. The Bertz CT molecular complexity index is 1000. The van der Waals surface area contributed by atoms with Gasteiger partial charge in [0.1, 0.15) is 16.8 Å². The van der Waals surface area contributed by atoms with Gasteiger partial charge in [0.15, 0.2) is 13.2 Å². The Morgan fingerprint density at radius 3 is 2.89 bits per heavy atom. The highest BCUT2D eigenvalue weighted by atomic mass is 32.1. The Hall–Kier alpha value is -3.00. The number of amides is 1. The fourth-order valence-corrected chi connectivity index (χ4v) is 3.61. The zero-order chi connectivity index (χ0) is 18.6. The molecule has 8 heteroatoms. The van der Waals surface area contributed by atoms with Gasteiger partial charge in [0, 0.05) is 0 Å². The first-order valence-electron chi connectivity index (χ1n) is 8.60. The average molecular weight is 383 g/mol. The van der Waals surface area contributed by atoms with E-state index in [1.165, 1.54) is 11.1 Å². The van der Waals surface area contributed by atoms with E-state index in [1.807, 2.05) is 24.3 Å². The van der Waals surface area contributed by atoms with Crippen molar-refractivity contribution in [2.75, 3.05) is 18.5 Å². The summed E-state index contributed by atoms with van der Waals surface area (Å²) >= 11 is 1.07. The average Bonchev–Trinajstić information content (AvgIpc) is 3.33. The molecular weight excluding hydrogens is 366 g/mol. The van der Waals surface area contributed by atoms with Gasteiger partial charge in [0.05, 0.1) is 17.4 Å². The largest absolute Gasteiger partial charge is 0.482 e. The van der Waals surface area contributed by atoms with E-state index in [0.29, 0.717) is 22.5 Å². The summed E-state index contributed by atoms with van der Waals surface area (Å²) in [5, 5.41) is 2.68. The molecule has 1 aliphatic rings. The summed E-state index contributed by atoms with van der Waals surface area (Å²) in [5.41, 5.74) is 4.47. The lowest BCUT2D eigenvalue weighted by Crippen LogP contribution is -2.23. The Balaban J connectivity index is 1.25. The summed E-state index contributed by atoms with van der Waals surface area (Å²) in [6, 6.07) is 11.2. The molecule has 1 heterocycles. The van der Waals surface area contributed by atoms with Crippen LogP contribution in [0.1, 0.15) is 17.5 Å². The van der Waals surface area contributed by atoms with Crippen molar-refractivity contribution in [3.8, 4) is 5.75 Å². The highest BCUT2D eigenvalue weighted by molar-refractivity contribution is 7.00. The van der Waals surface area contributed by atoms with Crippen molar-refractivity contribution >= 4 is 40.3 Å². The molecule has 138 valence electrons. The number of fused-ring (bicyclic) bond motifs is 2. The van der Waals surface area contributed by atoms with Crippen molar-refractivity contribution in [3.05, 3.63) is 47.5 Å². The molecule has 0 saturated carbocycles. The van der Waals surface area contributed by atoms with Gasteiger partial charge in [-0.3, -0.25) is 4.79 Å². The molecule has 27 heavy (non-hydrogen) atoms.